The number of hydrogen-bond acceptors (Lipinski definition) is 3. The second kappa shape index (κ2) is 4.98. The zero-order chi connectivity index (χ0) is 14.2. The molecule has 20 heavy (non-hydrogen) atoms. The molecular weight excluding hydrogens is 250 g/mol. The molecule has 2 aromatic rings. The second-order valence-electron chi connectivity index (χ2n) is 5.57. The molecule has 0 bridgehead atoms. The van der Waals surface area contributed by atoms with Gasteiger partial charge >= 0.3 is 0 Å². The van der Waals surface area contributed by atoms with Gasteiger partial charge in [0.2, 0.25) is 0 Å². The van der Waals surface area contributed by atoms with Crippen LogP contribution in [-0.2, 0) is 5.54 Å². The van der Waals surface area contributed by atoms with Crippen molar-refractivity contribution >= 4 is 10.8 Å². The van der Waals surface area contributed by atoms with Crippen LogP contribution >= 0.6 is 0 Å². The maximum Gasteiger partial charge on any atom is 0.131 e. The highest BCUT2D eigenvalue weighted by atomic mass is 16.5. The van der Waals surface area contributed by atoms with Gasteiger partial charge in [-0.1, -0.05) is 37.1 Å². The fourth-order valence-electron chi connectivity index (χ4n) is 3.37. The van der Waals surface area contributed by atoms with E-state index in [0.29, 0.717) is 0 Å². The smallest absolute Gasteiger partial charge is 0.131 e. The summed E-state index contributed by atoms with van der Waals surface area (Å²) in [5.41, 5.74) is 7.48. The van der Waals surface area contributed by atoms with Crippen molar-refractivity contribution in [2.24, 2.45) is 5.73 Å². The molecule has 2 aromatic carbocycles. The lowest BCUT2D eigenvalue weighted by atomic mass is 9.87. The average molecular weight is 271 g/mol. The lowest BCUT2D eigenvalue weighted by Gasteiger charge is -2.27. The summed E-state index contributed by atoms with van der Waals surface area (Å²) in [6.07, 6.45) is 4.43. The third kappa shape index (κ3) is 1.93. The van der Waals surface area contributed by atoms with E-state index in [-0.39, 0.29) is 5.54 Å². The lowest BCUT2D eigenvalue weighted by Crippen LogP contribution is -2.33. The van der Waals surface area contributed by atoms with Crippen LogP contribution in [-0.4, -0.2) is 14.2 Å². The number of benzene rings is 2. The average Bonchev–Trinajstić information content (AvgIpc) is 2.93. The molecule has 1 aliphatic rings. The first-order valence-corrected chi connectivity index (χ1v) is 7.13. The molecule has 0 saturated heterocycles. The number of rotatable bonds is 3. The van der Waals surface area contributed by atoms with E-state index in [2.05, 4.69) is 18.2 Å². The quantitative estimate of drug-likeness (QED) is 0.928. The highest BCUT2D eigenvalue weighted by molar-refractivity contribution is 5.94. The summed E-state index contributed by atoms with van der Waals surface area (Å²) in [5.74, 6) is 1.76. The van der Waals surface area contributed by atoms with Gasteiger partial charge in [-0.2, -0.15) is 0 Å². The second-order valence-corrected chi connectivity index (χ2v) is 5.57. The topological polar surface area (TPSA) is 44.5 Å². The number of fused-ring (bicyclic) bond motifs is 1. The van der Waals surface area contributed by atoms with Crippen LogP contribution in [0.25, 0.3) is 10.8 Å². The molecular formula is C17H21NO2. The normalized spacial score (nSPS) is 17.4. The van der Waals surface area contributed by atoms with Gasteiger partial charge in [0.25, 0.3) is 0 Å². The van der Waals surface area contributed by atoms with Crippen molar-refractivity contribution in [2.45, 2.75) is 31.2 Å². The van der Waals surface area contributed by atoms with Crippen molar-refractivity contribution in [3.8, 4) is 11.5 Å². The molecule has 1 saturated carbocycles. The first-order chi connectivity index (χ1) is 9.69. The van der Waals surface area contributed by atoms with Gasteiger partial charge in [-0.15, -0.1) is 0 Å². The lowest BCUT2D eigenvalue weighted by molar-refractivity contribution is 0.383. The predicted molar refractivity (Wildman–Crippen MR) is 81.4 cm³/mol. The minimum atomic E-state index is -0.247. The van der Waals surface area contributed by atoms with Crippen molar-refractivity contribution < 1.29 is 9.47 Å². The summed E-state index contributed by atoms with van der Waals surface area (Å²) in [6, 6.07) is 10.2. The third-order valence-corrected chi connectivity index (χ3v) is 4.43. The Morgan fingerprint density at radius 2 is 1.70 bits per heavy atom. The standard InChI is InChI=1S/C17H21NO2/c1-19-15-7-5-6-13-12(15)8-9-14(16(13)20-2)17(18)10-3-4-11-17/h5-9H,3-4,10-11,18H2,1-2H3. The van der Waals surface area contributed by atoms with Crippen LogP contribution in [0, 0.1) is 0 Å². The van der Waals surface area contributed by atoms with E-state index in [9.17, 15) is 0 Å². The van der Waals surface area contributed by atoms with E-state index in [0.717, 1.165) is 40.7 Å². The number of ether oxygens (including phenoxy) is 2. The summed E-state index contributed by atoms with van der Waals surface area (Å²) in [6.45, 7) is 0. The zero-order valence-corrected chi connectivity index (χ0v) is 12.1. The van der Waals surface area contributed by atoms with Crippen LogP contribution in [0.3, 0.4) is 0 Å². The minimum Gasteiger partial charge on any atom is -0.496 e. The Kier molecular flexibility index (Phi) is 3.30. The van der Waals surface area contributed by atoms with Gasteiger partial charge in [0.05, 0.1) is 14.2 Å². The van der Waals surface area contributed by atoms with Gasteiger partial charge < -0.3 is 15.2 Å². The van der Waals surface area contributed by atoms with Crippen molar-refractivity contribution in [3.63, 3.8) is 0 Å². The van der Waals surface area contributed by atoms with E-state index in [1.807, 2.05) is 12.1 Å². The van der Waals surface area contributed by atoms with Crippen LogP contribution in [0.5, 0.6) is 11.5 Å². The van der Waals surface area contributed by atoms with Crippen molar-refractivity contribution in [3.05, 3.63) is 35.9 Å². The minimum absolute atomic E-state index is 0.247. The van der Waals surface area contributed by atoms with E-state index in [1.54, 1.807) is 14.2 Å². The first kappa shape index (κ1) is 13.3. The summed E-state index contributed by atoms with van der Waals surface area (Å²) in [5, 5.41) is 2.14. The van der Waals surface area contributed by atoms with Crippen LogP contribution in [0.1, 0.15) is 31.2 Å². The van der Waals surface area contributed by atoms with Crippen molar-refractivity contribution in [1.29, 1.82) is 0 Å². The molecule has 0 radical (unpaired) electrons. The van der Waals surface area contributed by atoms with Gasteiger partial charge in [0, 0.05) is 21.9 Å². The molecule has 0 atom stereocenters. The van der Waals surface area contributed by atoms with E-state index < -0.39 is 0 Å². The maximum atomic E-state index is 6.61. The molecule has 3 heteroatoms. The fraction of sp³-hybridized carbons (Fsp3) is 0.412. The highest BCUT2D eigenvalue weighted by Gasteiger charge is 2.34. The summed E-state index contributed by atoms with van der Waals surface area (Å²) < 4.78 is 11.1. The van der Waals surface area contributed by atoms with Gasteiger partial charge in [0.1, 0.15) is 11.5 Å². The van der Waals surface area contributed by atoms with E-state index >= 15 is 0 Å². The Balaban J connectivity index is 2.25. The SMILES string of the molecule is COc1cccc2c(OC)c(C3(N)CCCC3)ccc12. The summed E-state index contributed by atoms with van der Waals surface area (Å²) in [4.78, 5) is 0. The Morgan fingerprint density at radius 3 is 2.35 bits per heavy atom. The first-order valence-electron chi connectivity index (χ1n) is 7.13. The van der Waals surface area contributed by atoms with Gasteiger partial charge in [-0.05, 0) is 18.9 Å². The number of hydrogen-bond donors (Lipinski definition) is 1. The third-order valence-electron chi connectivity index (χ3n) is 4.43. The molecule has 1 fully saturated rings. The van der Waals surface area contributed by atoms with Gasteiger partial charge in [0.15, 0.2) is 0 Å². The molecule has 2 N–H and O–H groups in total. The van der Waals surface area contributed by atoms with Crippen LogP contribution < -0.4 is 15.2 Å². The molecule has 1 aliphatic carbocycles. The molecule has 0 aliphatic heterocycles. The summed E-state index contributed by atoms with van der Waals surface area (Å²) in [7, 11) is 3.41. The van der Waals surface area contributed by atoms with E-state index in [1.165, 1.54) is 12.8 Å². The van der Waals surface area contributed by atoms with Crippen LogP contribution in [0.4, 0.5) is 0 Å². The molecule has 0 heterocycles. The number of methoxy groups -OCH3 is 2. The molecule has 0 unspecified atom stereocenters. The monoisotopic (exact) mass is 271 g/mol. The van der Waals surface area contributed by atoms with E-state index in [4.69, 9.17) is 15.2 Å². The Morgan fingerprint density at radius 1 is 0.950 bits per heavy atom. The molecule has 106 valence electrons. The van der Waals surface area contributed by atoms with Crippen molar-refractivity contribution in [2.75, 3.05) is 14.2 Å². The van der Waals surface area contributed by atoms with Crippen LogP contribution in [0.15, 0.2) is 30.3 Å². The molecule has 3 rings (SSSR count). The van der Waals surface area contributed by atoms with Crippen LogP contribution in [0.2, 0.25) is 0 Å². The Hall–Kier alpha value is -1.74. The molecule has 0 amide bonds. The highest BCUT2D eigenvalue weighted by Crippen LogP contribution is 2.44. The largest absolute Gasteiger partial charge is 0.496 e. The number of nitrogens with two attached hydrogens (primary N) is 1. The molecule has 0 aromatic heterocycles. The zero-order valence-electron chi connectivity index (χ0n) is 12.1. The summed E-state index contributed by atoms with van der Waals surface area (Å²) >= 11 is 0. The fourth-order valence-corrected chi connectivity index (χ4v) is 3.37. The van der Waals surface area contributed by atoms with Crippen molar-refractivity contribution in [1.82, 2.24) is 0 Å². The van der Waals surface area contributed by atoms with Gasteiger partial charge in [-0.25, -0.2) is 0 Å². The predicted octanol–water partition coefficient (Wildman–Crippen LogP) is 3.59. The van der Waals surface area contributed by atoms with Gasteiger partial charge in [-0.3, -0.25) is 0 Å². The molecule has 0 spiro atoms. The maximum absolute atomic E-state index is 6.61. The Bertz CT molecular complexity index is 630. The molecule has 3 nitrogen and oxygen atoms in total. The Labute approximate surface area is 119 Å².